The van der Waals surface area contributed by atoms with Crippen molar-refractivity contribution in [2.75, 3.05) is 20.2 Å². The highest BCUT2D eigenvalue weighted by Crippen LogP contribution is 2.33. The molecule has 0 aliphatic carbocycles. The normalized spacial score (nSPS) is 21.3. The zero-order valence-electron chi connectivity index (χ0n) is 16.8. The highest BCUT2D eigenvalue weighted by atomic mass is 19.4. The molecule has 2 heterocycles. The summed E-state index contributed by atoms with van der Waals surface area (Å²) in [7, 11) is 1.49. The van der Waals surface area contributed by atoms with E-state index in [0.717, 1.165) is 5.56 Å². The van der Waals surface area contributed by atoms with Crippen LogP contribution >= 0.6 is 0 Å². The lowest BCUT2D eigenvalue weighted by molar-refractivity contribution is -0.221. The SMILES string of the molecule is COc1ccc2c(c1)C[C@@H]1C(OC(=O)C(F)(F)F)N(Cc3ccccc3)CCN1C2=O. The Balaban J connectivity index is 1.68. The summed E-state index contributed by atoms with van der Waals surface area (Å²) in [5, 5.41) is 0. The second-order valence-corrected chi connectivity index (χ2v) is 7.54. The Hall–Kier alpha value is -3.07. The highest BCUT2D eigenvalue weighted by Gasteiger charge is 2.49. The smallest absolute Gasteiger partial charge is 0.490 e. The van der Waals surface area contributed by atoms with E-state index >= 15 is 0 Å². The van der Waals surface area contributed by atoms with Crippen molar-refractivity contribution in [2.45, 2.75) is 31.4 Å². The van der Waals surface area contributed by atoms with E-state index in [0.29, 0.717) is 30.0 Å². The first-order valence-corrected chi connectivity index (χ1v) is 9.81. The Morgan fingerprint density at radius 3 is 2.55 bits per heavy atom. The number of esters is 1. The number of piperazine rings is 1. The second-order valence-electron chi connectivity index (χ2n) is 7.54. The lowest BCUT2D eigenvalue weighted by Gasteiger charge is -2.48. The van der Waals surface area contributed by atoms with Crippen molar-refractivity contribution in [2.24, 2.45) is 0 Å². The van der Waals surface area contributed by atoms with Gasteiger partial charge in [0.2, 0.25) is 0 Å². The molecule has 0 aromatic heterocycles. The van der Waals surface area contributed by atoms with Crippen molar-refractivity contribution >= 4 is 11.9 Å². The fraction of sp³-hybridized carbons (Fsp3) is 0.364. The summed E-state index contributed by atoms with van der Waals surface area (Å²) >= 11 is 0. The maximum Gasteiger partial charge on any atom is 0.490 e. The molecule has 6 nitrogen and oxygen atoms in total. The number of rotatable bonds is 4. The van der Waals surface area contributed by atoms with Gasteiger partial charge in [-0.25, -0.2) is 4.79 Å². The molecule has 2 aromatic rings. The number of ether oxygens (including phenoxy) is 2. The minimum absolute atomic E-state index is 0.249. The third-order valence-electron chi connectivity index (χ3n) is 5.64. The van der Waals surface area contributed by atoms with Gasteiger partial charge in [0.15, 0.2) is 6.23 Å². The van der Waals surface area contributed by atoms with E-state index < -0.39 is 24.4 Å². The van der Waals surface area contributed by atoms with Gasteiger partial charge in [-0.15, -0.1) is 0 Å². The van der Waals surface area contributed by atoms with Crippen LogP contribution < -0.4 is 4.74 Å². The monoisotopic (exact) mass is 434 g/mol. The van der Waals surface area contributed by atoms with Crippen molar-refractivity contribution in [3.63, 3.8) is 0 Å². The first-order chi connectivity index (χ1) is 14.8. The molecule has 0 saturated carbocycles. The number of hydrogen-bond donors (Lipinski definition) is 0. The van der Waals surface area contributed by atoms with E-state index in [1.165, 1.54) is 12.0 Å². The van der Waals surface area contributed by atoms with Crippen molar-refractivity contribution in [1.82, 2.24) is 9.80 Å². The fourth-order valence-electron chi connectivity index (χ4n) is 4.16. The van der Waals surface area contributed by atoms with Crippen LogP contribution in [-0.2, 0) is 22.5 Å². The van der Waals surface area contributed by atoms with Crippen LogP contribution in [0.5, 0.6) is 5.75 Å². The van der Waals surface area contributed by atoms with Crippen molar-refractivity contribution < 1.29 is 32.2 Å². The minimum atomic E-state index is -5.12. The molecule has 164 valence electrons. The van der Waals surface area contributed by atoms with E-state index in [1.54, 1.807) is 23.1 Å². The van der Waals surface area contributed by atoms with Gasteiger partial charge in [-0.05, 0) is 35.7 Å². The Morgan fingerprint density at radius 2 is 1.87 bits per heavy atom. The average Bonchev–Trinajstić information content (AvgIpc) is 2.75. The lowest BCUT2D eigenvalue weighted by atomic mass is 9.90. The number of alkyl halides is 3. The van der Waals surface area contributed by atoms with Gasteiger partial charge < -0.3 is 14.4 Å². The van der Waals surface area contributed by atoms with Gasteiger partial charge in [-0.3, -0.25) is 9.69 Å². The molecule has 0 spiro atoms. The summed E-state index contributed by atoms with van der Waals surface area (Å²) < 4.78 is 49.2. The topological polar surface area (TPSA) is 59.1 Å². The van der Waals surface area contributed by atoms with Gasteiger partial charge in [-0.1, -0.05) is 30.3 Å². The number of methoxy groups -OCH3 is 1. The molecule has 2 atom stereocenters. The summed E-state index contributed by atoms with van der Waals surface area (Å²) in [6.45, 7) is 0.889. The summed E-state index contributed by atoms with van der Waals surface area (Å²) in [5.41, 5.74) is 2.00. The predicted molar refractivity (Wildman–Crippen MR) is 104 cm³/mol. The number of carbonyl (C=O) groups is 2. The van der Waals surface area contributed by atoms with Gasteiger partial charge in [-0.2, -0.15) is 13.2 Å². The maximum atomic E-state index is 13.0. The van der Waals surface area contributed by atoms with Crippen molar-refractivity contribution in [3.8, 4) is 5.75 Å². The quantitative estimate of drug-likeness (QED) is 0.693. The van der Waals surface area contributed by atoms with Gasteiger partial charge >= 0.3 is 12.1 Å². The number of fused-ring (bicyclic) bond motifs is 2. The van der Waals surface area contributed by atoms with E-state index in [-0.39, 0.29) is 18.9 Å². The third kappa shape index (κ3) is 4.23. The van der Waals surface area contributed by atoms with Crippen LogP contribution in [0.4, 0.5) is 13.2 Å². The van der Waals surface area contributed by atoms with E-state index in [4.69, 9.17) is 9.47 Å². The molecule has 1 saturated heterocycles. The fourth-order valence-corrected chi connectivity index (χ4v) is 4.16. The molecule has 1 fully saturated rings. The summed E-state index contributed by atoms with van der Waals surface area (Å²) in [6.07, 6.45) is -6.11. The Kier molecular flexibility index (Phi) is 5.62. The molecule has 0 N–H and O–H groups in total. The molecule has 31 heavy (non-hydrogen) atoms. The standard InChI is InChI=1S/C22H21F3N2O4/c1-30-16-7-8-17-15(11-16)12-18-20(31-21(29)22(23,24)25)26(9-10-27(18)19(17)28)13-14-5-3-2-4-6-14/h2-8,11,18,20H,9-10,12-13H2,1H3/t18-,20?/m1/s1. The van der Waals surface area contributed by atoms with Crippen LogP contribution in [0, 0.1) is 0 Å². The van der Waals surface area contributed by atoms with Crippen LogP contribution in [0.15, 0.2) is 48.5 Å². The number of halogens is 3. The summed E-state index contributed by atoms with van der Waals surface area (Å²) in [5.74, 6) is -2.01. The molecule has 0 radical (unpaired) electrons. The number of amides is 1. The van der Waals surface area contributed by atoms with Gasteiger partial charge in [0.05, 0.1) is 13.2 Å². The van der Waals surface area contributed by atoms with E-state index in [1.807, 2.05) is 30.3 Å². The van der Waals surface area contributed by atoms with Gasteiger partial charge in [0.25, 0.3) is 5.91 Å². The maximum absolute atomic E-state index is 13.0. The number of hydrogen-bond acceptors (Lipinski definition) is 5. The second kappa shape index (κ2) is 8.22. The van der Waals surface area contributed by atoms with Crippen molar-refractivity contribution in [3.05, 3.63) is 65.2 Å². The lowest BCUT2D eigenvalue weighted by Crippen LogP contribution is -2.64. The predicted octanol–water partition coefficient (Wildman–Crippen LogP) is 3.01. The zero-order chi connectivity index (χ0) is 22.2. The highest BCUT2D eigenvalue weighted by molar-refractivity contribution is 5.97. The molecule has 9 heteroatoms. The molecule has 2 aliphatic rings. The summed E-state index contributed by atoms with van der Waals surface area (Å²) in [4.78, 5) is 28.0. The molecular formula is C22H21F3N2O4. The number of nitrogens with zero attached hydrogens (tertiary/aromatic N) is 2. The number of carbonyl (C=O) groups excluding carboxylic acids is 2. The van der Waals surface area contributed by atoms with E-state index in [2.05, 4.69) is 0 Å². The van der Waals surface area contributed by atoms with Gasteiger partial charge in [0.1, 0.15) is 5.75 Å². The first-order valence-electron chi connectivity index (χ1n) is 9.81. The molecule has 2 aromatic carbocycles. The number of benzene rings is 2. The van der Waals surface area contributed by atoms with Crippen LogP contribution in [0.25, 0.3) is 0 Å². The van der Waals surface area contributed by atoms with Crippen LogP contribution in [0.2, 0.25) is 0 Å². The average molecular weight is 434 g/mol. The van der Waals surface area contributed by atoms with E-state index in [9.17, 15) is 22.8 Å². The van der Waals surface area contributed by atoms with Crippen LogP contribution in [0.1, 0.15) is 21.5 Å². The molecular weight excluding hydrogens is 413 g/mol. The molecule has 4 rings (SSSR count). The first kappa shape index (κ1) is 21.2. The summed E-state index contributed by atoms with van der Waals surface area (Å²) in [6, 6.07) is 13.5. The molecule has 2 aliphatic heterocycles. The Morgan fingerprint density at radius 1 is 1.13 bits per heavy atom. The van der Waals surface area contributed by atoms with Crippen molar-refractivity contribution in [1.29, 1.82) is 0 Å². The third-order valence-corrected chi connectivity index (χ3v) is 5.64. The zero-order valence-corrected chi connectivity index (χ0v) is 16.8. The van der Waals surface area contributed by atoms with Crippen LogP contribution in [0.3, 0.4) is 0 Å². The molecule has 1 amide bonds. The largest absolute Gasteiger partial charge is 0.497 e. The van der Waals surface area contributed by atoms with Crippen LogP contribution in [-0.4, -0.2) is 60.3 Å². The Labute approximate surface area is 177 Å². The van der Waals surface area contributed by atoms with Gasteiger partial charge in [0, 0.05) is 25.2 Å². The molecule has 0 bridgehead atoms. The minimum Gasteiger partial charge on any atom is -0.497 e. The Bertz CT molecular complexity index is 980. The molecule has 1 unspecified atom stereocenters.